The molecule has 0 heterocycles. The topological polar surface area (TPSA) is 32.6 Å². The molecule has 84 valence electrons. The van der Waals surface area contributed by atoms with Gasteiger partial charge in [0.25, 0.3) is 0 Å². The highest BCUT2D eigenvalue weighted by Gasteiger charge is 2.26. The number of hydrogen-bond acceptors (Lipinski definition) is 2. The standard InChI is InChI=1S/C10H20N2O.HI/c1-12(2,3)8-9-6-4-5-7-10(9)11-13;/h9H,4-8H2,1-3H3;1H/b11-10+;. The van der Waals surface area contributed by atoms with Crippen molar-refractivity contribution >= 4 is 5.71 Å². The fourth-order valence-electron chi connectivity index (χ4n) is 2.06. The third-order valence-corrected chi connectivity index (χ3v) is 2.60. The van der Waals surface area contributed by atoms with Gasteiger partial charge in [0, 0.05) is 5.92 Å². The molecule has 1 atom stereocenters. The Kier molecular flexibility index (Phi) is 5.97. The SMILES string of the molecule is C[N+](C)(C)CC1CCCC/C1=N\O.[I-]. The predicted octanol–water partition coefficient (Wildman–Crippen LogP) is -1.28. The summed E-state index contributed by atoms with van der Waals surface area (Å²) in [5.74, 6) is 0.499. The Hall–Kier alpha value is 0.160. The first-order valence-corrected chi connectivity index (χ1v) is 5.04. The summed E-state index contributed by atoms with van der Waals surface area (Å²) in [4.78, 5) is 0. The summed E-state index contributed by atoms with van der Waals surface area (Å²) in [6, 6.07) is 0. The Balaban J connectivity index is 0.00000169. The molecule has 0 spiro atoms. The molecule has 1 saturated carbocycles. The molecule has 4 heteroatoms. The van der Waals surface area contributed by atoms with Crippen molar-refractivity contribution in [2.24, 2.45) is 11.1 Å². The van der Waals surface area contributed by atoms with E-state index in [9.17, 15) is 0 Å². The Morgan fingerprint density at radius 1 is 1.36 bits per heavy atom. The van der Waals surface area contributed by atoms with Crippen LogP contribution in [0.15, 0.2) is 5.16 Å². The van der Waals surface area contributed by atoms with Gasteiger partial charge in [-0.15, -0.1) is 0 Å². The Morgan fingerprint density at radius 2 is 2.00 bits per heavy atom. The van der Waals surface area contributed by atoms with Crippen LogP contribution in [-0.2, 0) is 0 Å². The van der Waals surface area contributed by atoms with Gasteiger partial charge in [-0.1, -0.05) is 11.6 Å². The zero-order valence-electron chi connectivity index (χ0n) is 9.33. The first kappa shape index (κ1) is 14.2. The summed E-state index contributed by atoms with van der Waals surface area (Å²) in [7, 11) is 6.55. The Labute approximate surface area is 104 Å². The maximum absolute atomic E-state index is 8.84. The van der Waals surface area contributed by atoms with Gasteiger partial charge in [-0.3, -0.25) is 0 Å². The molecule has 0 radical (unpaired) electrons. The van der Waals surface area contributed by atoms with Crippen LogP contribution in [0, 0.1) is 5.92 Å². The lowest BCUT2D eigenvalue weighted by Gasteiger charge is -2.31. The van der Waals surface area contributed by atoms with Gasteiger partial charge >= 0.3 is 0 Å². The molecular weight excluding hydrogens is 291 g/mol. The minimum Gasteiger partial charge on any atom is -1.00 e. The van der Waals surface area contributed by atoms with Crippen LogP contribution in [0.3, 0.4) is 0 Å². The van der Waals surface area contributed by atoms with Crippen LogP contribution >= 0.6 is 0 Å². The average Bonchev–Trinajstić information content (AvgIpc) is 2.02. The van der Waals surface area contributed by atoms with Crippen LogP contribution < -0.4 is 24.0 Å². The molecule has 1 rings (SSSR count). The van der Waals surface area contributed by atoms with Crippen LogP contribution in [0.25, 0.3) is 0 Å². The summed E-state index contributed by atoms with van der Waals surface area (Å²) in [6.07, 6.45) is 4.65. The van der Waals surface area contributed by atoms with E-state index in [1.165, 1.54) is 19.3 Å². The minimum absolute atomic E-state index is 0. The highest BCUT2D eigenvalue weighted by atomic mass is 127. The van der Waals surface area contributed by atoms with E-state index in [0.717, 1.165) is 23.2 Å². The third kappa shape index (κ3) is 4.59. The van der Waals surface area contributed by atoms with E-state index in [1.54, 1.807) is 0 Å². The Bertz CT molecular complexity index is 199. The molecular formula is C10H21IN2O. The lowest BCUT2D eigenvalue weighted by atomic mass is 9.86. The summed E-state index contributed by atoms with van der Waals surface area (Å²) < 4.78 is 0.948. The molecule has 0 aromatic rings. The second kappa shape index (κ2) is 5.90. The molecule has 1 N–H and O–H groups in total. The zero-order chi connectivity index (χ0) is 9.90. The van der Waals surface area contributed by atoms with E-state index in [-0.39, 0.29) is 24.0 Å². The molecule has 14 heavy (non-hydrogen) atoms. The largest absolute Gasteiger partial charge is 1.00 e. The molecule has 1 unspecified atom stereocenters. The maximum Gasteiger partial charge on any atom is 0.0863 e. The van der Waals surface area contributed by atoms with Crippen molar-refractivity contribution in [3.8, 4) is 0 Å². The van der Waals surface area contributed by atoms with E-state index in [1.807, 2.05) is 0 Å². The number of quaternary nitrogens is 1. The van der Waals surface area contributed by atoms with Gasteiger partial charge in [0.2, 0.25) is 0 Å². The van der Waals surface area contributed by atoms with Gasteiger partial charge in [0.05, 0.1) is 33.4 Å². The van der Waals surface area contributed by atoms with E-state index in [2.05, 4.69) is 26.3 Å². The van der Waals surface area contributed by atoms with Crippen LogP contribution in [0.1, 0.15) is 25.7 Å². The van der Waals surface area contributed by atoms with Gasteiger partial charge in [0.1, 0.15) is 0 Å². The van der Waals surface area contributed by atoms with Crippen molar-refractivity contribution in [1.29, 1.82) is 0 Å². The molecule has 1 fully saturated rings. The van der Waals surface area contributed by atoms with E-state index in [4.69, 9.17) is 5.21 Å². The fourth-order valence-corrected chi connectivity index (χ4v) is 2.06. The summed E-state index contributed by atoms with van der Waals surface area (Å²) in [5, 5.41) is 12.3. The van der Waals surface area contributed by atoms with Crippen LogP contribution in [0.2, 0.25) is 0 Å². The summed E-state index contributed by atoms with van der Waals surface area (Å²) in [5.41, 5.74) is 1.01. The number of oxime groups is 1. The molecule has 3 nitrogen and oxygen atoms in total. The minimum atomic E-state index is 0. The molecule has 0 amide bonds. The Morgan fingerprint density at radius 3 is 2.50 bits per heavy atom. The molecule has 0 aromatic heterocycles. The molecule has 1 aliphatic rings. The number of nitrogens with zero attached hydrogens (tertiary/aromatic N) is 2. The van der Waals surface area contributed by atoms with Crippen molar-refractivity contribution < 1.29 is 33.7 Å². The number of halogens is 1. The smallest absolute Gasteiger partial charge is 0.0863 e. The van der Waals surface area contributed by atoms with E-state index < -0.39 is 0 Å². The molecule has 0 bridgehead atoms. The maximum atomic E-state index is 8.84. The summed E-state index contributed by atoms with van der Waals surface area (Å²) >= 11 is 0. The predicted molar refractivity (Wildman–Crippen MR) is 54.1 cm³/mol. The normalized spacial score (nSPS) is 25.9. The van der Waals surface area contributed by atoms with Crippen molar-refractivity contribution in [2.45, 2.75) is 25.7 Å². The van der Waals surface area contributed by atoms with Crippen molar-refractivity contribution in [3.63, 3.8) is 0 Å². The van der Waals surface area contributed by atoms with Crippen molar-refractivity contribution in [3.05, 3.63) is 0 Å². The fraction of sp³-hybridized carbons (Fsp3) is 0.900. The number of hydrogen-bond donors (Lipinski definition) is 1. The second-order valence-electron chi connectivity index (χ2n) is 5.01. The third-order valence-electron chi connectivity index (χ3n) is 2.60. The first-order valence-electron chi connectivity index (χ1n) is 5.04. The average molecular weight is 312 g/mol. The van der Waals surface area contributed by atoms with Crippen LogP contribution in [-0.4, -0.2) is 43.1 Å². The lowest BCUT2D eigenvalue weighted by molar-refractivity contribution is -0.872. The van der Waals surface area contributed by atoms with Crippen molar-refractivity contribution in [1.82, 2.24) is 0 Å². The lowest BCUT2D eigenvalue weighted by Crippen LogP contribution is -3.00. The van der Waals surface area contributed by atoms with Crippen LogP contribution in [0.5, 0.6) is 0 Å². The van der Waals surface area contributed by atoms with E-state index >= 15 is 0 Å². The highest BCUT2D eigenvalue weighted by molar-refractivity contribution is 5.86. The van der Waals surface area contributed by atoms with Gasteiger partial charge in [-0.05, 0) is 19.3 Å². The molecule has 0 aliphatic heterocycles. The van der Waals surface area contributed by atoms with Crippen molar-refractivity contribution in [2.75, 3.05) is 27.7 Å². The van der Waals surface area contributed by atoms with Gasteiger partial charge in [-0.25, -0.2) is 0 Å². The molecule has 1 aliphatic carbocycles. The quantitative estimate of drug-likeness (QED) is 0.293. The number of rotatable bonds is 2. The van der Waals surface area contributed by atoms with Crippen LogP contribution in [0.4, 0.5) is 0 Å². The zero-order valence-corrected chi connectivity index (χ0v) is 11.5. The molecule has 0 saturated heterocycles. The molecule has 0 aromatic carbocycles. The second-order valence-corrected chi connectivity index (χ2v) is 5.01. The van der Waals surface area contributed by atoms with Gasteiger partial charge in [-0.2, -0.15) is 0 Å². The van der Waals surface area contributed by atoms with E-state index in [0.29, 0.717) is 5.92 Å². The highest BCUT2D eigenvalue weighted by Crippen LogP contribution is 2.23. The monoisotopic (exact) mass is 312 g/mol. The van der Waals surface area contributed by atoms with Gasteiger partial charge in [0.15, 0.2) is 0 Å². The van der Waals surface area contributed by atoms with Gasteiger partial charge < -0.3 is 33.7 Å². The first-order chi connectivity index (χ1) is 6.03. The summed E-state index contributed by atoms with van der Waals surface area (Å²) in [6.45, 7) is 1.08.